The molecule has 1 aliphatic rings. The lowest BCUT2D eigenvalue weighted by Crippen LogP contribution is -2.35. The van der Waals surface area contributed by atoms with Gasteiger partial charge in [0.25, 0.3) is 0 Å². The molecule has 25 heavy (non-hydrogen) atoms. The molecule has 1 aromatic heterocycles. The number of rotatable bonds is 7. The molecule has 9 heteroatoms. The Bertz CT molecular complexity index is 749. The largest absolute Gasteiger partial charge is 0.383 e. The third kappa shape index (κ3) is 3.99. The number of thioether (sulfide) groups is 1. The van der Waals surface area contributed by atoms with Crippen LogP contribution in [0.15, 0.2) is 35.5 Å². The number of hydrogen-bond donors (Lipinski definition) is 1. The average Bonchev–Trinajstić information content (AvgIpc) is 3.24. The minimum atomic E-state index is -0.337. The van der Waals surface area contributed by atoms with Crippen molar-refractivity contribution in [3.8, 4) is 11.4 Å². The van der Waals surface area contributed by atoms with Gasteiger partial charge in [0.1, 0.15) is 0 Å². The second kappa shape index (κ2) is 8.13. The van der Waals surface area contributed by atoms with Crippen molar-refractivity contribution in [2.75, 3.05) is 32.6 Å². The smallest absolute Gasteiger partial charge is 0.324 e. The first-order valence-electron chi connectivity index (χ1n) is 7.89. The molecular weight excluding hydrogens is 342 g/mol. The average molecular weight is 361 g/mol. The fraction of sp³-hybridized carbons (Fsp3) is 0.375. The summed E-state index contributed by atoms with van der Waals surface area (Å²) in [7, 11) is 1.63. The van der Waals surface area contributed by atoms with E-state index in [4.69, 9.17) is 4.74 Å². The van der Waals surface area contributed by atoms with Crippen LogP contribution in [0.3, 0.4) is 0 Å². The van der Waals surface area contributed by atoms with Gasteiger partial charge >= 0.3 is 6.03 Å². The topological polar surface area (TPSA) is 89.4 Å². The van der Waals surface area contributed by atoms with Gasteiger partial charge in [-0.05, 0) is 0 Å². The van der Waals surface area contributed by atoms with Gasteiger partial charge in [-0.25, -0.2) is 4.79 Å². The second-order valence-corrected chi connectivity index (χ2v) is 6.33. The van der Waals surface area contributed by atoms with Gasteiger partial charge in [0.2, 0.25) is 5.91 Å². The van der Waals surface area contributed by atoms with E-state index in [-0.39, 0.29) is 17.7 Å². The van der Waals surface area contributed by atoms with Crippen molar-refractivity contribution in [2.45, 2.75) is 11.7 Å². The molecule has 0 saturated carbocycles. The minimum Gasteiger partial charge on any atom is -0.383 e. The number of benzene rings is 1. The molecule has 0 bridgehead atoms. The van der Waals surface area contributed by atoms with Crippen LogP contribution >= 0.6 is 11.8 Å². The Kier molecular flexibility index (Phi) is 5.67. The molecule has 0 atom stereocenters. The van der Waals surface area contributed by atoms with Crippen LogP contribution < -0.4 is 5.32 Å². The van der Waals surface area contributed by atoms with E-state index in [0.717, 1.165) is 11.4 Å². The lowest BCUT2D eigenvalue weighted by Gasteiger charge is -2.12. The molecule has 132 valence electrons. The van der Waals surface area contributed by atoms with E-state index in [2.05, 4.69) is 15.5 Å². The Balaban J connectivity index is 1.75. The first-order chi connectivity index (χ1) is 12.2. The van der Waals surface area contributed by atoms with Crippen LogP contribution in [-0.2, 0) is 16.1 Å². The number of nitrogens with zero attached hydrogens (tertiary/aromatic N) is 4. The number of urea groups is 1. The second-order valence-electron chi connectivity index (χ2n) is 5.38. The summed E-state index contributed by atoms with van der Waals surface area (Å²) >= 11 is 1.27. The molecule has 3 amide bonds. The first-order valence-corrected chi connectivity index (χ1v) is 8.88. The van der Waals surface area contributed by atoms with Crippen molar-refractivity contribution in [3.63, 3.8) is 0 Å². The number of hydrogen-bond acceptors (Lipinski definition) is 6. The number of amides is 3. The first kappa shape index (κ1) is 17.4. The zero-order valence-corrected chi connectivity index (χ0v) is 14.7. The van der Waals surface area contributed by atoms with Gasteiger partial charge < -0.3 is 10.1 Å². The monoisotopic (exact) mass is 361 g/mol. The Labute approximate surface area is 149 Å². The van der Waals surface area contributed by atoms with Crippen molar-refractivity contribution in [1.29, 1.82) is 0 Å². The summed E-state index contributed by atoms with van der Waals surface area (Å²) in [6.45, 7) is 1.99. The molecule has 0 radical (unpaired) electrons. The van der Waals surface area contributed by atoms with Gasteiger partial charge in [-0.3, -0.25) is 14.3 Å². The Hall–Kier alpha value is -2.39. The Morgan fingerprint density at radius 3 is 2.80 bits per heavy atom. The maximum atomic E-state index is 12.2. The number of ether oxygens (including phenoxy) is 1. The number of imide groups is 1. The van der Waals surface area contributed by atoms with E-state index < -0.39 is 0 Å². The summed E-state index contributed by atoms with van der Waals surface area (Å²) < 4.78 is 7.10. The van der Waals surface area contributed by atoms with Crippen LogP contribution in [-0.4, -0.2) is 64.2 Å². The predicted octanol–water partition coefficient (Wildman–Crippen LogP) is 1.24. The summed E-state index contributed by atoms with van der Waals surface area (Å²) in [6, 6.07) is 9.40. The minimum absolute atomic E-state index is 0.132. The number of methoxy groups -OCH3 is 1. The third-order valence-corrected chi connectivity index (χ3v) is 4.70. The van der Waals surface area contributed by atoms with Crippen molar-refractivity contribution >= 4 is 23.7 Å². The standard InChI is InChI=1S/C16H19N5O3S/c1-24-10-9-21-14(12-5-3-2-4-6-12)18-19-16(21)25-11-13(22)20-8-7-17-15(20)23/h2-6H,7-11H2,1H3,(H,17,23). The van der Waals surface area contributed by atoms with E-state index in [9.17, 15) is 9.59 Å². The number of carbonyl (C=O) groups excluding carboxylic acids is 2. The molecule has 2 heterocycles. The van der Waals surface area contributed by atoms with Crippen molar-refractivity contribution < 1.29 is 14.3 Å². The Morgan fingerprint density at radius 1 is 1.32 bits per heavy atom. The van der Waals surface area contributed by atoms with Gasteiger partial charge in [0.05, 0.1) is 18.9 Å². The van der Waals surface area contributed by atoms with E-state index in [1.54, 1.807) is 7.11 Å². The maximum Gasteiger partial charge on any atom is 0.324 e. The fourth-order valence-electron chi connectivity index (χ4n) is 2.49. The van der Waals surface area contributed by atoms with E-state index in [0.29, 0.717) is 31.4 Å². The molecule has 1 N–H and O–H groups in total. The van der Waals surface area contributed by atoms with Gasteiger partial charge in [0, 0.05) is 25.8 Å². The molecule has 8 nitrogen and oxygen atoms in total. The van der Waals surface area contributed by atoms with Crippen molar-refractivity contribution in [3.05, 3.63) is 30.3 Å². The zero-order valence-electron chi connectivity index (χ0n) is 13.8. The van der Waals surface area contributed by atoms with E-state index in [1.165, 1.54) is 16.7 Å². The highest BCUT2D eigenvalue weighted by atomic mass is 32.2. The van der Waals surface area contributed by atoms with Crippen molar-refractivity contribution in [2.24, 2.45) is 0 Å². The number of carbonyl (C=O) groups is 2. The van der Waals surface area contributed by atoms with Crippen LogP contribution in [0.5, 0.6) is 0 Å². The van der Waals surface area contributed by atoms with Gasteiger partial charge in [0.15, 0.2) is 11.0 Å². The highest BCUT2D eigenvalue weighted by Gasteiger charge is 2.26. The summed E-state index contributed by atoms with van der Waals surface area (Å²) in [4.78, 5) is 25.0. The van der Waals surface area contributed by atoms with Gasteiger partial charge in [-0.15, -0.1) is 10.2 Å². The highest BCUT2D eigenvalue weighted by Crippen LogP contribution is 2.24. The molecule has 0 spiro atoms. The van der Waals surface area contributed by atoms with Crippen LogP contribution in [0, 0.1) is 0 Å². The van der Waals surface area contributed by atoms with Crippen LogP contribution in [0.1, 0.15) is 0 Å². The summed E-state index contributed by atoms with van der Waals surface area (Å²) in [5.74, 6) is 0.627. The zero-order chi connectivity index (χ0) is 17.6. The lowest BCUT2D eigenvalue weighted by molar-refractivity contribution is -0.124. The molecule has 1 aromatic carbocycles. The van der Waals surface area contributed by atoms with Crippen LogP contribution in [0.25, 0.3) is 11.4 Å². The molecule has 1 fully saturated rings. The van der Waals surface area contributed by atoms with Gasteiger partial charge in [-0.2, -0.15) is 0 Å². The maximum absolute atomic E-state index is 12.2. The molecule has 0 unspecified atom stereocenters. The quantitative estimate of drug-likeness (QED) is 0.746. The summed E-state index contributed by atoms with van der Waals surface area (Å²) in [6.07, 6.45) is 0. The normalized spacial score (nSPS) is 14.0. The molecular formula is C16H19N5O3S. The van der Waals surface area contributed by atoms with Crippen molar-refractivity contribution in [1.82, 2.24) is 25.0 Å². The third-order valence-electron chi connectivity index (χ3n) is 3.75. The van der Waals surface area contributed by atoms with Crippen LogP contribution in [0.2, 0.25) is 0 Å². The van der Waals surface area contributed by atoms with Gasteiger partial charge in [-0.1, -0.05) is 42.1 Å². The summed E-state index contributed by atoms with van der Waals surface area (Å²) in [5, 5.41) is 11.7. The number of nitrogens with one attached hydrogen (secondary N) is 1. The molecule has 0 aliphatic carbocycles. The molecule has 2 aromatic rings. The molecule has 3 rings (SSSR count). The van der Waals surface area contributed by atoms with E-state index in [1.807, 2.05) is 34.9 Å². The molecule has 1 aliphatic heterocycles. The van der Waals surface area contributed by atoms with E-state index >= 15 is 0 Å². The lowest BCUT2D eigenvalue weighted by atomic mass is 10.2. The fourth-order valence-corrected chi connectivity index (χ4v) is 3.33. The SMILES string of the molecule is COCCn1c(SCC(=O)N2CCNC2=O)nnc1-c1ccccc1. The predicted molar refractivity (Wildman–Crippen MR) is 93.2 cm³/mol. The van der Waals surface area contributed by atoms with Crippen LogP contribution in [0.4, 0.5) is 4.79 Å². The highest BCUT2D eigenvalue weighted by molar-refractivity contribution is 7.99. The number of aromatic nitrogens is 3. The Morgan fingerprint density at radius 2 is 2.12 bits per heavy atom. The summed E-state index contributed by atoms with van der Waals surface area (Å²) in [5.41, 5.74) is 0.947. The molecule has 1 saturated heterocycles.